The van der Waals surface area contributed by atoms with Crippen LogP contribution in [0.1, 0.15) is 52.0 Å². The van der Waals surface area contributed by atoms with Crippen LogP contribution in [-0.2, 0) is 16.0 Å². The lowest BCUT2D eigenvalue weighted by Crippen LogP contribution is -2.23. The van der Waals surface area contributed by atoms with Crippen LogP contribution in [0.3, 0.4) is 0 Å². The number of ether oxygens (including phenoxy) is 2. The first-order chi connectivity index (χ1) is 10.9. The summed E-state index contributed by atoms with van der Waals surface area (Å²) in [5.41, 5.74) is 0.712. The van der Waals surface area contributed by atoms with Gasteiger partial charge in [0, 0.05) is 6.42 Å². The molecule has 0 fully saturated rings. The van der Waals surface area contributed by atoms with Gasteiger partial charge in [-0.15, -0.1) is 0 Å². The zero-order valence-corrected chi connectivity index (χ0v) is 14.5. The SMILES string of the molecule is CCCC[C@H](OC(=O)CCc1cc(O)c(O)c(OC)c1)C(C)C. The lowest BCUT2D eigenvalue weighted by atomic mass is 10.0. The number of unbranched alkanes of at least 4 members (excludes halogenated alkanes) is 1. The highest BCUT2D eigenvalue weighted by molar-refractivity contribution is 5.70. The van der Waals surface area contributed by atoms with Crippen LogP contribution in [0.5, 0.6) is 17.2 Å². The van der Waals surface area contributed by atoms with Gasteiger partial charge in [0.2, 0.25) is 5.75 Å². The lowest BCUT2D eigenvalue weighted by Gasteiger charge is -2.21. The Morgan fingerprint density at radius 1 is 1.26 bits per heavy atom. The van der Waals surface area contributed by atoms with Gasteiger partial charge in [-0.2, -0.15) is 0 Å². The van der Waals surface area contributed by atoms with E-state index in [-0.39, 0.29) is 35.7 Å². The highest BCUT2D eigenvalue weighted by Crippen LogP contribution is 2.36. The molecule has 2 N–H and O–H groups in total. The van der Waals surface area contributed by atoms with E-state index in [1.165, 1.54) is 13.2 Å². The van der Waals surface area contributed by atoms with Crippen LogP contribution in [0.25, 0.3) is 0 Å². The van der Waals surface area contributed by atoms with Gasteiger partial charge >= 0.3 is 5.97 Å². The molecular formula is C18H28O5. The van der Waals surface area contributed by atoms with Gasteiger partial charge in [-0.25, -0.2) is 0 Å². The summed E-state index contributed by atoms with van der Waals surface area (Å²) in [5, 5.41) is 19.2. The van der Waals surface area contributed by atoms with Crippen LogP contribution >= 0.6 is 0 Å². The van der Waals surface area contributed by atoms with Crippen molar-refractivity contribution in [2.24, 2.45) is 5.92 Å². The molecule has 0 saturated carbocycles. The number of carbonyl (C=O) groups excluding carboxylic acids is 1. The van der Waals surface area contributed by atoms with E-state index in [9.17, 15) is 15.0 Å². The molecule has 5 heteroatoms. The van der Waals surface area contributed by atoms with Crippen LogP contribution in [0.4, 0.5) is 0 Å². The number of carbonyl (C=O) groups is 1. The summed E-state index contributed by atoms with van der Waals surface area (Å²) >= 11 is 0. The largest absolute Gasteiger partial charge is 0.504 e. The number of methoxy groups -OCH3 is 1. The summed E-state index contributed by atoms with van der Waals surface area (Å²) in [7, 11) is 1.41. The van der Waals surface area contributed by atoms with Gasteiger partial charge in [-0.1, -0.05) is 33.6 Å². The molecule has 1 aromatic carbocycles. The number of aromatic hydroxyl groups is 2. The number of aryl methyl sites for hydroxylation is 1. The first-order valence-corrected chi connectivity index (χ1v) is 8.17. The number of hydrogen-bond acceptors (Lipinski definition) is 5. The molecule has 0 saturated heterocycles. The van der Waals surface area contributed by atoms with E-state index in [1.807, 2.05) is 0 Å². The van der Waals surface area contributed by atoms with Crippen molar-refractivity contribution in [1.29, 1.82) is 0 Å². The molecule has 0 aromatic heterocycles. The zero-order valence-electron chi connectivity index (χ0n) is 14.5. The van der Waals surface area contributed by atoms with Crippen LogP contribution in [0.2, 0.25) is 0 Å². The van der Waals surface area contributed by atoms with E-state index in [0.29, 0.717) is 17.9 Å². The summed E-state index contributed by atoms with van der Waals surface area (Å²) < 4.78 is 10.6. The summed E-state index contributed by atoms with van der Waals surface area (Å²) in [6.45, 7) is 6.22. The van der Waals surface area contributed by atoms with E-state index in [4.69, 9.17) is 9.47 Å². The van der Waals surface area contributed by atoms with E-state index in [0.717, 1.165) is 19.3 Å². The summed E-state index contributed by atoms with van der Waals surface area (Å²) in [6, 6.07) is 3.04. The van der Waals surface area contributed by atoms with Gasteiger partial charge in [-0.3, -0.25) is 4.79 Å². The summed E-state index contributed by atoms with van der Waals surface area (Å²) in [4.78, 5) is 12.0. The Hall–Kier alpha value is -1.91. The minimum Gasteiger partial charge on any atom is -0.504 e. The second kappa shape index (κ2) is 9.28. The molecule has 0 unspecified atom stereocenters. The third kappa shape index (κ3) is 6.00. The maximum Gasteiger partial charge on any atom is 0.306 e. The maximum absolute atomic E-state index is 12.0. The minimum absolute atomic E-state index is 0.0507. The molecule has 0 heterocycles. The summed E-state index contributed by atoms with van der Waals surface area (Å²) in [6.07, 6.45) is 3.59. The fourth-order valence-electron chi connectivity index (χ4n) is 2.36. The number of rotatable bonds is 9. The molecule has 23 heavy (non-hydrogen) atoms. The van der Waals surface area contributed by atoms with E-state index < -0.39 is 0 Å². The molecule has 0 radical (unpaired) electrons. The number of hydrogen-bond donors (Lipinski definition) is 2. The third-order valence-electron chi connectivity index (χ3n) is 3.82. The predicted octanol–water partition coefficient (Wildman–Crippen LogP) is 3.80. The molecule has 5 nitrogen and oxygen atoms in total. The standard InChI is InChI=1S/C18H28O5/c1-5-6-7-15(12(2)3)23-17(20)9-8-13-10-14(19)18(21)16(11-13)22-4/h10-12,15,19,21H,5-9H2,1-4H3/t15-/m0/s1. The molecule has 130 valence electrons. The Bertz CT molecular complexity index is 510. The first kappa shape index (κ1) is 19.1. The van der Waals surface area contributed by atoms with Gasteiger partial charge in [-0.05, 0) is 36.5 Å². The van der Waals surface area contributed by atoms with Crippen molar-refractivity contribution in [3.8, 4) is 17.2 Å². The normalized spacial score (nSPS) is 12.2. The first-order valence-electron chi connectivity index (χ1n) is 8.17. The molecule has 0 aliphatic heterocycles. The van der Waals surface area contributed by atoms with Crippen LogP contribution < -0.4 is 4.74 Å². The average Bonchev–Trinajstić information content (AvgIpc) is 2.52. The number of benzene rings is 1. The van der Waals surface area contributed by atoms with Crippen molar-refractivity contribution in [1.82, 2.24) is 0 Å². The Morgan fingerprint density at radius 3 is 2.52 bits per heavy atom. The van der Waals surface area contributed by atoms with Gasteiger partial charge in [0.25, 0.3) is 0 Å². The average molecular weight is 324 g/mol. The minimum atomic E-state index is -0.293. The van der Waals surface area contributed by atoms with Crippen molar-refractivity contribution in [3.63, 3.8) is 0 Å². The Kier molecular flexibility index (Phi) is 7.72. The second-order valence-corrected chi connectivity index (χ2v) is 6.08. The van der Waals surface area contributed by atoms with Gasteiger partial charge in [0.1, 0.15) is 6.10 Å². The Balaban J connectivity index is 2.60. The Labute approximate surface area is 138 Å². The van der Waals surface area contributed by atoms with E-state index in [1.54, 1.807) is 6.07 Å². The smallest absolute Gasteiger partial charge is 0.306 e. The zero-order chi connectivity index (χ0) is 17.4. The summed E-state index contributed by atoms with van der Waals surface area (Å²) in [5.74, 6) is -0.306. The molecule has 1 atom stereocenters. The highest BCUT2D eigenvalue weighted by Gasteiger charge is 2.18. The van der Waals surface area contributed by atoms with Crippen molar-refractivity contribution < 1.29 is 24.5 Å². The van der Waals surface area contributed by atoms with Crippen molar-refractivity contribution in [2.75, 3.05) is 7.11 Å². The quantitative estimate of drug-likeness (QED) is 0.534. The van der Waals surface area contributed by atoms with Crippen LogP contribution in [-0.4, -0.2) is 29.4 Å². The van der Waals surface area contributed by atoms with Crippen molar-refractivity contribution >= 4 is 5.97 Å². The van der Waals surface area contributed by atoms with Gasteiger partial charge in [0.15, 0.2) is 11.5 Å². The number of phenolic OH excluding ortho intramolecular Hbond substituents is 2. The number of esters is 1. The molecule has 0 aliphatic rings. The third-order valence-corrected chi connectivity index (χ3v) is 3.82. The molecule has 0 bridgehead atoms. The molecule has 1 aromatic rings. The van der Waals surface area contributed by atoms with Gasteiger partial charge in [0.05, 0.1) is 7.11 Å². The predicted molar refractivity (Wildman–Crippen MR) is 88.9 cm³/mol. The van der Waals surface area contributed by atoms with Gasteiger partial charge < -0.3 is 19.7 Å². The highest BCUT2D eigenvalue weighted by atomic mass is 16.5. The monoisotopic (exact) mass is 324 g/mol. The topological polar surface area (TPSA) is 76.0 Å². The Morgan fingerprint density at radius 2 is 1.96 bits per heavy atom. The number of phenols is 2. The molecule has 0 amide bonds. The molecule has 0 aliphatic carbocycles. The molecular weight excluding hydrogens is 296 g/mol. The fraction of sp³-hybridized carbons (Fsp3) is 0.611. The van der Waals surface area contributed by atoms with Crippen LogP contribution in [0, 0.1) is 5.92 Å². The lowest BCUT2D eigenvalue weighted by molar-refractivity contribution is -0.151. The van der Waals surface area contributed by atoms with E-state index >= 15 is 0 Å². The van der Waals surface area contributed by atoms with E-state index in [2.05, 4.69) is 20.8 Å². The molecule has 1 rings (SSSR count). The molecule has 0 spiro atoms. The van der Waals surface area contributed by atoms with Crippen molar-refractivity contribution in [2.45, 2.75) is 59.0 Å². The second-order valence-electron chi connectivity index (χ2n) is 6.08. The van der Waals surface area contributed by atoms with Crippen LogP contribution in [0.15, 0.2) is 12.1 Å². The van der Waals surface area contributed by atoms with Crippen molar-refractivity contribution in [3.05, 3.63) is 17.7 Å². The fourth-order valence-corrected chi connectivity index (χ4v) is 2.36. The maximum atomic E-state index is 12.0.